The molecule has 2 aromatic carbocycles. The van der Waals surface area contributed by atoms with Gasteiger partial charge in [0.15, 0.2) is 0 Å². The summed E-state index contributed by atoms with van der Waals surface area (Å²) in [5.41, 5.74) is 8.76. The Bertz CT molecular complexity index is 935. The van der Waals surface area contributed by atoms with Gasteiger partial charge in [-0.2, -0.15) is 0 Å². The third kappa shape index (κ3) is 4.07. The zero-order valence-corrected chi connectivity index (χ0v) is 16.1. The zero-order valence-electron chi connectivity index (χ0n) is 16.1. The van der Waals surface area contributed by atoms with Crippen LogP contribution in [-0.2, 0) is 4.79 Å². The van der Waals surface area contributed by atoms with Crippen molar-refractivity contribution in [2.45, 2.75) is 31.1 Å². The average Bonchev–Trinajstić information content (AvgIpc) is 3.25. The van der Waals surface area contributed by atoms with Gasteiger partial charge in [0, 0.05) is 11.3 Å². The van der Waals surface area contributed by atoms with Gasteiger partial charge in [-0.15, -0.1) is 0 Å². The lowest BCUT2D eigenvalue weighted by Crippen LogP contribution is -2.30. The number of nitrogens with zero attached hydrogens (tertiary/aromatic N) is 2. The van der Waals surface area contributed by atoms with E-state index in [9.17, 15) is 4.79 Å². The molecule has 1 aliphatic rings. The summed E-state index contributed by atoms with van der Waals surface area (Å²) in [6.45, 7) is 3.28. The summed E-state index contributed by atoms with van der Waals surface area (Å²) in [6.07, 6.45) is 3.43. The minimum atomic E-state index is -0.436. The number of rotatable bonds is 7. The van der Waals surface area contributed by atoms with E-state index in [0.717, 1.165) is 48.2 Å². The molecule has 4 rings (SSSR count). The largest absolute Gasteiger partial charge is 0.369 e. The fourth-order valence-corrected chi connectivity index (χ4v) is 4.36. The van der Waals surface area contributed by atoms with Gasteiger partial charge in [0.05, 0.1) is 17.1 Å². The summed E-state index contributed by atoms with van der Waals surface area (Å²) in [7, 11) is 0. The van der Waals surface area contributed by atoms with Crippen LogP contribution < -0.4 is 5.73 Å². The maximum absolute atomic E-state index is 12.6. The Labute approximate surface area is 166 Å². The first-order valence-electron chi connectivity index (χ1n) is 10.1. The molecule has 0 bridgehead atoms. The number of amides is 1. The number of benzene rings is 2. The molecule has 0 radical (unpaired) electrons. The van der Waals surface area contributed by atoms with Crippen molar-refractivity contribution in [2.75, 3.05) is 19.6 Å². The average molecular weight is 374 g/mol. The van der Waals surface area contributed by atoms with Crippen molar-refractivity contribution >= 4 is 16.8 Å². The smallest absolute Gasteiger partial charge is 0.227 e. The van der Waals surface area contributed by atoms with E-state index in [1.54, 1.807) is 0 Å². The Morgan fingerprint density at radius 2 is 1.68 bits per heavy atom. The van der Waals surface area contributed by atoms with Crippen molar-refractivity contribution in [1.82, 2.24) is 9.88 Å². The lowest BCUT2D eigenvalue weighted by atomic mass is 9.80. The standard InChI is InChI=1S/C24H27N3O/c25-24(28)23(22-13-12-19-10-4-5-11-21(19)26-22)20(18-8-2-1-3-9-18)14-17-27-15-6-7-16-27/h1-5,8-13,20,23H,6-7,14-17H2,(H2,25,28). The van der Waals surface area contributed by atoms with Crippen LogP contribution in [0.3, 0.4) is 0 Å². The molecule has 1 fully saturated rings. The number of hydrogen-bond donors (Lipinski definition) is 1. The van der Waals surface area contributed by atoms with Gasteiger partial charge in [-0.05, 0) is 56.6 Å². The van der Waals surface area contributed by atoms with Gasteiger partial charge in [-0.3, -0.25) is 9.78 Å². The van der Waals surface area contributed by atoms with E-state index in [0.29, 0.717) is 0 Å². The first-order valence-corrected chi connectivity index (χ1v) is 10.1. The van der Waals surface area contributed by atoms with E-state index in [4.69, 9.17) is 10.7 Å². The molecule has 1 aromatic heterocycles. The highest BCUT2D eigenvalue weighted by Gasteiger charge is 2.31. The van der Waals surface area contributed by atoms with Crippen LogP contribution in [0.2, 0.25) is 0 Å². The first kappa shape index (κ1) is 18.6. The SMILES string of the molecule is NC(=O)C(c1ccc2ccccc2n1)C(CCN1CCCC1)c1ccccc1. The van der Waals surface area contributed by atoms with Gasteiger partial charge in [0.2, 0.25) is 5.91 Å². The van der Waals surface area contributed by atoms with E-state index < -0.39 is 5.92 Å². The molecule has 2 N–H and O–H groups in total. The highest BCUT2D eigenvalue weighted by molar-refractivity contribution is 5.84. The van der Waals surface area contributed by atoms with Crippen molar-refractivity contribution in [3.8, 4) is 0 Å². The Kier molecular flexibility index (Phi) is 5.68. The van der Waals surface area contributed by atoms with Crippen molar-refractivity contribution in [2.24, 2.45) is 5.73 Å². The third-order valence-corrected chi connectivity index (χ3v) is 5.83. The molecule has 4 heteroatoms. The topological polar surface area (TPSA) is 59.2 Å². The second-order valence-corrected chi connectivity index (χ2v) is 7.66. The minimum absolute atomic E-state index is 0.0213. The molecule has 0 spiro atoms. The summed E-state index contributed by atoms with van der Waals surface area (Å²) >= 11 is 0. The van der Waals surface area contributed by atoms with Gasteiger partial charge in [0.1, 0.15) is 0 Å². The minimum Gasteiger partial charge on any atom is -0.369 e. The molecule has 0 aliphatic carbocycles. The number of primary amides is 1. The summed E-state index contributed by atoms with van der Waals surface area (Å²) in [4.78, 5) is 19.9. The van der Waals surface area contributed by atoms with Crippen LogP contribution in [0.15, 0.2) is 66.7 Å². The fourth-order valence-electron chi connectivity index (χ4n) is 4.36. The van der Waals surface area contributed by atoms with Crippen molar-refractivity contribution in [1.29, 1.82) is 0 Å². The molecule has 1 saturated heterocycles. The maximum atomic E-state index is 12.6. The summed E-state index contributed by atoms with van der Waals surface area (Å²) < 4.78 is 0. The number of para-hydroxylation sites is 1. The number of hydrogen-bond acceptors (Lipinski definition) is 3. The number of carbonyl (C=O) groups excluding carboxylic acids is 1. The van der Waals surface area contributed by atoms with E-state index in [-0.39, 0.29) is 11.8 Å². The van der Waals surface area contributed by atoms with Gasteiger partial charge >= 0.3 is 0 Å². The molecular weight excluding hydrogens is 346 g/mol. The number of nitrogens with two attached hydrogens (primary N) is 1. The molecule has 2 heterocycles. The Balaban J connectivity index is 1.69. The van der Waals surface area contributed by atoms with Crippen LogP contribution in [-0.4, -0.2) is 35.4 Å². The predicted molar refractivity (Wildman–Crippen MR) is 113 cm³/mol. The summed E-state index contributed by atoms with van der Waals surface area (Å²) in [5, 5.41) is 1.07. The van der Waals surface area contributed by atoms with Gasteiger partial charge in [-0.1, -0.05) is 54.6 Å². The molecule has 1 aliphatic heterocycles. The molecule has 3 aromatic rings. The van der Waals surface area contributed by atoms with Crippen LogP contribution in [0.25, 0.3) is 10.9 Å². The van der Waals surface area contributed by atoms with Crippen LogP contribution in [0.5, 0.6) is 0 Å². The van der Waals surface area contributed by atoms with E-state index in [1.165, 1.54) is 12.8 Å². The molecule has 2 unspecified atom stereocenters. The van der Waals surface area contributed by atoms with Crippen LogP contribution in [0.4, 0.5) is 0 Å². The molecular formula is C24H27N3O. The quantitative estimate of drug-likeness (QED) is 0.679. The first-order chi connectivity index (χ1) is 13.7. The van der Waals surface area contributed by atoms with E-state index >= 15 is 0 Å². The molecule has 28 heavy (non-hydrogen) atoms. The second-order valence-electron chi connectivity index (χ2n) is 7.66. The predicted octanol–water partition coefficient (Wildman–Crippen LogP) is 4.07. The van der Waals surface area contributed by atoms with Gasteiger partial charge in [-0.25, -0.2) is 0 Å². The Morgan fingerprint density at radius 1 is 0.964 bits per heavy atom. The summed E-state index contributed by atoms with van der Waals surface area (Å²) in [6, 6.07) is 22.3. The molecule has 4 nitrogen and oxygen atoms in total. The van der Waals surface area contributed by atoms with E-state index in [1.807, 2.05) is 54.6 Å². The Hall–Kier alpha value is -2.72. The molecule has 0 saturated carbocycles. The van der Waals surface area contributed by atoms with Crippen molar-refractivity contribution in [3.05, 3.63) is 78.0 Å². The number of carbonyl (C=O) groups is 1. The van der Waals surface area contributed by atoms with E-state index in [2.05, 4.69) is 17.0 Å². The van der Waals surface area contributed by atoms with Crippen LogP contribution >= 0.6 is 0 Å². The highest BCUT2D eigenvalue weighted by Crippen LogP contribution is 2.36. The van der Waals surface area contributed by atoms with Crippen molar-refractivity contribution in [3.63, 3.8) is 0 Å². The van der Waals surface area contributed by atoms with Gasteiger partial charge in [0.25, 0.3) is 0 Å². The number of aromatic nitrogens is 1. The third-order valence-electron chi connectivity index (χ3n) is 5.83. The molecule has 2 atom stereocenters. The number of pyridine rings is 1. The van der Waals surface area contributed by atoms with Crippen LogP contribution in [0, 0.1) is 0 Å². The highest BCUT2D eigenvalue weighted by atomic mass is 16.1. The lowest BCUT2D eigenvalue weighted by molar-refractivity contribution is -0.120. The monoisotopic (exact) mass is 373 g/mol. The second kappa shape index (κ2) is 8.53. The van der Waals surface area contributed by atoms with Crippen molar-refractivity contribution < 1.29 is 4.79 Å². The number of likely N-dealkylation sites (tertiary alicyclic amines) is 1. The summed E-state index contributed by atoms with van der Waals surface area (Å²) in [5.74, 6) is -0.722. The van der Waals surface area contributed by atoms with Gasteiger partial charge < -0.3 is 10.6 Å². The number of fused-ring (bicyclic) bond motifs is 1. The Morgan fingerprint density at radius 3 is 2.43 bits per heavy atom. The normalized spacial score (nSPS) is 16.9. The maximum Gasteiger partial charge on any atom is 0.227 e. The lowest BCUT2D eigenvalue weighted by Gasteiger charge is -2.27. The fraction of sp³-hybridized carbons (Fsp3) is 0.333. The zero-order chi connectivity index (χ0) is 19.3. The van der Waals surface area contributed by atoms with Crippen LogP contribution in [0.1, 0.15) is 42.4 Å². The molecule has 144 valence electrons. The molecule has 1 amide bonds.